The molecule has 28 heavy (non-hydrogen) atoms. The minimum absolute atomic E-state index is 0.00464. The fourth-order valence-corrected chi connectivity index (χ4v) is 3.51. The molecule has 0 saturated heterocycles. The van der Waals surface area contributed by atoms with Gasteiger partial charge in [-0.2, -0.15) is 0 Å². The van der Waals surface area contributed by atoms with E-state index in [9.17, 15) is 9.59 Å². The van der Waals surface area contributed by atoms with Crippen molar-refractivity contribution in [3.05, 3.63) is 59.2 Å². The number of amides is 2. The van der Waals surface area contributed by atoms with E-state index in [0.717, 1.165) is 17.5 Å². The number of carbonyl (C=O) groups excluding carboxylic acids is 2. The van der Waals surface area contributed by atoms with E-state index in [4.69, 9.17) is 14.7 Å². The highest BCUT2D eigenvalue weighted by Crippen LogP contribution is 2.41. The second-order valence-corrected chi connectivity index (χ2v) is 6.64. The summed E-state index contributed by atoms with van der Waals surface area (Å²) in [5, 5.41) is 12.0. The highest BCUT2D eigenvalue weighted by Gasteiger charge is 2.36. The Labute approximate surface area is 163 Å². The first-order valence-corrected chi connectivity index (χ1v) is 9.22. The lowest BCUT2D eigenvalue weighted by molar-refractivity contribution is -0.129. The average molecular weight is 384 g/mol. The van der Waals surface area contributed by atoms with E-state index in [2.05, 4.69) is 5.32 Å². The Bertz CT molecular complexity index is 868. The van der Waals surface area contributed by atoms with Crippen LogP contribution in [0.2, 0.25) is 0 Å². The van der Waals surface area contributed by atoms with Gasteiger partial charge in [0.1, 0.15) is 0 Å². The van der Waals surface area contributed by atoms with Gasteiger partial charge in [0.05, 0.1) is 19.8 Å². The van der Waals surface area contributed by atoms with Crippen molar-refractivity contribution in [3.8, 4) is 11.5 Å². The molecule has 2 aromatic carbocycles. The summed E-state index contributed by atoms with van der Waals surface area (Å²) in [7, 11) is 1.57. The van der Waals surface area contributed by atoms with Crippen LogP contribution in [0.4, 0.5) is 0 Å². The van der Waals surface area contributed by atoms with E-state index in [1.807, 2.05) is 31.2 Å². The van der Waals surface area contributed by atoms with Crippen LogP contribution >= 0.6 is 0 Å². The van der Waals surface area contributed by atoms with Gasteiger partial charge in [-0.15, -0.1) is 0 Å². The number of methoxy groups -OCH3 is 1. The Morgan fingerprint density at radius 3 is 2.75 bits per heavy atom. The minimum atomic E-state index is -0.532. The largest absolute Gasteiger partial charge is 0.493 e. The van der Waals surface area contributed by atoms with Crippen molar-refractivity contribution < 1.29 is 24.3 Å². The SMILES string of the molecule is CCCOc1cc(C(CC(=O)NO)C2NC(=O)c3ccccc32)ccc1OC. The second-order valence-electron chi connectivity index (χ2n) is 6.64. The molecular weight excluding hydrogens is 360 g/mol. The predicted octanol–water partition coefficient (Wildman–Crippen LogP) is 2.95. The molecule has 2 unspecified atom stereocenters. The molecular formula is C21H24N2O5. The molecule has 0 saturated carbocycles. The smallest absolute Gasteiger partial charge is 0.252 e. The van der Waals surface area contributed by atoms with Gasteiger partial charge in [-0.1, -0.05) is 31.2 Å². The molecule has 2 aromatic rings. The van der Waals surface area contributed by atoms with E-state index >= 15 is 0 Å². The van der Waals surface area contributed by atoms with Crippen LogP contribution in [-0.2, 0) is 4.79 Å². The monoisotopic (exact) mass is 384 g/mol. The molecule has 1 aliphatic heterocycles. The Morgan fingerprint density at radius 2 is 2.04 bits per heavy atom. The van der Waals surface area contributed by atoms with Gasteiger partial charge in [0.2, 0.25) is 5.91 Å². The first kappa shape index (κ1) is 19.7. The van der Waals surface area contributed by atoms with Crippen molar-refractivity contribution in [1.82, 2.24) is 10.8 Å². The van der Waals surface area contributed by atoms with Gasteiger partial charge in [0, 0.05) is 17.9 Å². The fourth-order valence-electron chi connectivity index (χ4n) is 3.51. The molecule has 7 heteroatoms. The van der Waals surface area contributed by atoms with Gasteiger partial charge in [0.25, 0.3) is 5.91 Å². The minimum Gasteiger partial charge on any atom is -0.493 e. The highest BCUT2D eigenvalue weighted by molar-refractivity contribution is 5.99. The van der Waals surface area contributed by atoms with Crippen molar-refractivity contribution in [3.63, 3.8) is 0 Å². The first-order valence-electron chi connectivity index (χ1n) is 9.22. The molecule has 0 spiro atoms. The number of hydrogen-bond acceptors (Lipinski definition) is 5. The maximum absolute atomic E-state index is 12.4. The quantitative estimate of drug-likeness (QED) is 0.480. The summed E-state index contributed by atoms with van der Waals surface area (Å²) in [6.45, 7) is 2.54. The number of fused-ring (bicyclic) bond motifs is 1. The van der Waals surface area contributed by atoms with Gasteiger partial charge in [0.15, 0.2) is 11.5 Å². The highest BCUT2D eigenvalue weighted by atomic mass is 16.5. The van der Waals surface area contributed by atoms with E-state index in [1.165, 1.54) is 0 Å². The predicted molar refractivity (Wildman–Crippen MR) is 103 cm³/mol. The standard InChI is InChI=1S/C21H24N2O5/c1-3-10-28-18-11-13(8-9-17(18)27-2)16(12-19(24)23-26)20-14-6-4-5-7-15(14)21(25)22-20/h4-9,11,16,20,26H,3,10,12H2,1-2H3,(H,22,25)(H,23,24). The summed E-state index contributed by atoms with van der Waals surface area (Å²) in [5.41, 5.74) is 3.92. The Balaban J connectivity index is 2.02. The Kier molecular flexibility index (Phi) is 6.16. The van der Waals surface area contributed by atoms with Crippen LogP contribution < -0.4 is 20.3 Å². The molecule has 1 heterocycles. The van der Waals surface area contributed by atoms with Crippen molar-refractivity contribution in [2.75, 3.05) is 13.7 Å². The van der Waals surface area contributed by atoms with E-state index in [-0.39, 0.29) is 12.3 Å². The van der Waals surface area contributed by atoms with Gasteiger partial charge >= 0.3 is 0 Å². The summed E-state index contributed by atoms with van der Waals surface area (Å²) in [5.74, 6) is 0.0726. The number of benzene rings is 2. The van der Waals surface area contributed by atoms with E-state index in [0.29, 0.717) is 23.7 Å². The Hall–Kier alpha value is -3.06. The number of nitrogens with one attached hydrogen (secondary N) is 2. The molecule has 2 atom stereocenters. The zero-order valence-corrected chi connectivity index (χ0v) is 15.9. The fraction of sp³-hybridized carbons (Fsp3) is 0.333. The molecule has 0 fully saturated rings. The van der Waals surface area contributed by atoms with Gasteiger partial charge in [-0.25, -0.2) is 5.48 Å². The number of hydroxylamine groups is 1. The summed E-state index contributed by atoms with van der Waals surface area (Å²) >= 11 is 0. The Morgan fingerprint density at radius 1 is 1.25 bits per heavy atom. The molecule has 0 bridgehead atoms. The third-order valence-electron chi connectivity index (χ3n) is 4.84. The third kappa shape index (κ3) is 3.94. The molecule has 0 radical (unpaired) electrons. The first-order chi connectivity index (χ1) is 13.6. The number of hydrogen-bond donors (Lipinski definition) is 3. The van der Waals surface area contributed by atoms with Crippen LogP contribution in [0.5, 0.6) is 11.5 Å². The zero-order chi connectivity index (χ0) is 20.1. The number of carbonyl (C=O) groups is 2. The van der Waals surface area contributed by atoms with Gasteiger partial charge in [-0.05, 0) is 35.7 Å². The van der Waals surface area contributed by atoms with E-state index < -0.39 is 17.9 Å². The summed E-state index contributed by atoms with van der Waals surface area (Å²) in [6.07, 6.45) is 0.838. The van der Waals surface area contributed by atoms with Crippen LogP contribution in [0.1, 0.15) is 53.2 Å². The molecule has 148 valence electrons. The second kappa shape index (κ2) is 8.75. The number of rotatable bonds is 8. The zero-order valence-electron chi connectivity index (χ0n) is 15.9. The van der Waals surface area contributed by atoms with Crippen molar-refractivity contribution in [2.24, 2.45) is 0 Å². The molecule has 3 N–H and O–H groups in total. The molecule has 0 aromatic heterocycles. The molecule has 1 aliphatic rings. The summed E-state index contributed by atoms with van der Waals surface area (Å²) in [4.78, 5) is 24.4. The summed E-state index contributed by atoms with van der Waals surface area (Å²) in [6, 6.07) is 12.4. The van der Waals surface area contributed by atoms with Crippen LogP contribution in [0.15, 0.2) is 42.5 Å². The molecule has 3 rings (SSSR count). The normalized spacial score (nSPS) is 16.1. The van der Waals surface area contributed by atoms with Crippen molar-refractivity contribution in [1.29, 1.82) is 0 Å². The van der Waals surface area contributed by atoms with Gasteiger partial charge < -0.3 is 14.8 Å². The summed E-state index contributed by atoms with van der Waals surface area (Å²) < 4.78 is 11.2. The lowest BCUT2D eigenvalue weighted by Crippen LogP contribution is -2.29. The topological polar surface area (TPSA) is 96.9 Å². The average Bonchev–Trinajstić information content (AvgIpc) is 3.06. The maximum atomic E-state index is 12.4. The molecule has 7 nitrogen and oxygen atoms in total. The molecule has 2 amide bonds. The lowest BCUT2D eigenvalue weighted by Gasteiger charge is -2.25. The van der Waals surface area contributed by atoms with Crippen LogP contribution in [0.3, 0.4) is 0 Å². The van der Waals surface area contributed by atoms with E-state index in [1.54, 1.807) is 30.8 Å². The van der Waals surface area contributed by atoms with Crippen LogP contribution in [0, 0.1) is 0 Å². The molecule has 0 aliphatic carbocycles. The lowest BCUT2D eigenvalue weighted by atomic mass is 9.84. The maximum Gasteiger partial charge on any atom is 0.252 e. The van der Waals surface area contributed by atoms with Crippen LogP contribution in [0.25, 0.3) is 0 Å². The van der Waals surface area contributed by atoms with Crippen molar-refractivity contribution in [2.45, 2.75) is 31.7 Å². The third-order valence-corrected chi connectivity index (χ3v) is 4.84. The van der Waals surface area contributed by atoms with Gasteiger partial charge in [-0.3, -0.25) is 14.8 Å². The van der Waals surface area contributed by atoms with Crippen molar-refractivity contribution >= 4 is 11.8 Å². The number of ether oxygens (including phenoxy) is 2. The van der Waals surface area contributed by atoms with Crippen LogP contribution in [-0.4, -0.2) is 30.7 Å².